The number of nitrogens with two attached hydrogens (primary N) is 1. The normalized spacial score (nSPS) is 12.5. The van der Waals surface area contributed by atoms with Crippen LogP contribution in [0, 0.1) is 6.92 Å². The van der Waals surface area contributed by atoms with Crippen LogP contribution < -0.4 is 5.73 Å². The molecule has 0 fully saturated rings. The Morgan fingerprint density at radius 3 is 2.68 bits per heavy atom. The second kappa shape index (κ2) is 4.78. The van der Waals surface area contributed by atoms with Gasteiger partial charge in [0.1, 0.15) is 0 Å². The van der Waals surface area contributed by atoms with Gasteiger partial charge in [0.05, 0.1) is 11.6 Å². The number of hydrogen-bond acceptors (Lipinski definition) is 3. The summed E-state index contributed by atoms with van der Waals surface area (Å²) in [5, 5.41) is 1.11. The van der Waals surface area contributed by atoms with Gasteiger partial charge in [0.15, 0.2) is 0 Å². The fourth-order valence-electron chi connectivity index (χ4n) is 2.35. The Morgan fingerprint density at radius 1 is 1.00 bits per heavy atom. The first-order chi connectivity index (χ1) is 9.27. The molecule has 0 amide bonds. The molecule has 0 spiro atoms. The van der Waals surface area contributed by atoms with Crippen LogP contribution in [0.4, 0.5) is 0 Å². The highest BCUT2D eigenvalue weighted by atomic mass is 14.7. The van der Waals surface area contributed by atoms with Gasteiger partial charge in [0.2, 0.25) is 0 Å². The third kappa shape index (κ3) is 2.09. The molecule has 1 aromatic carbocycles. The van der Waals surface area contributed by atoms with E-state index in [1.54, 1.807) is 12.4 Å². The third-order valence-electron chi connectivity index (χ3n) is 3.41. The van der Waals surface area contributed by atoms with Crippen LogP contribution in [0.25, 0.3) is 10.9 Å². The lowest BCUT2D eigenvalue weighted by molar-refractivity contribution is 0.858. The molecule has 19 heavy (non-hydrogen) atoms. The number of para-hydroxylation sites is 1. The first kappa shape index (κ1) is 11.8. The third-order valence-corrected chi connectivity index (χ3v) is 3.41. The molecular formula is C16H15N3. The largest absolute Gasteiger partial charge is 0.320 e. The molecule has 94 valence electrons. The van der Waals surface area contributed by atoms with Crippen molar-refractivity contribution >= 4 is 10.9 Å². The first-order valence-corrected chi connectivity index (χ1v) is 6.27. The van der Waals surface area contributed by atoms with E-state index in [9.17, 15) is 0 Å². The van der Waals surface area contributed by atoms with Crippen LogP contribution in [0.3, 0.4) is 0 Å². The maximum absolute atomic E-state index is 6.40. The van der Waals surface area contributed by atoms with Crippen molar-refractivity contribution in [2.24, 2.45) is 5.73 Å². The molecule has 0 bridgehead atoms. The van der Waals surface area contributed by atoms with Crippen molar-refractivity contribution in [3.63, 3.8) is 0 Å². The van der Waals surface area contributed by atoms with Crippen molar-refractivity contribution in [2.75, 3.05) is 0 Å². The summed E-state index contributed by atoms with van der Waals surface area (Å²) in [5.41, 5.74) is 10.6. The molecule has 0 saturated carbocycles. The number of aromatic nitrogens is 2. The Morgan fingerprint density at radius 2 is 1.84 bits per heavy atom. The number of aryl methyl sites for hydroxylation is 1. The van der Waals surface area contributed by atoms with E-state index in [1.807, 2.05) is 30.5 Å². The first-order valence-electron chi connectivity index (χ1n) is 6.27. The summed E-state index contributed by atoms with van der Waals surface area (Å²) < 4.78 is 0. The summed E-state index contributed by atoms with van der Waals surface area (Å²) in [6, 6.07) is 11.9. The molecule has 1 atom stereocenters. The standard InChI is InChI=1S/C16H15N3/c1-11-7-9-18-10-14(11)15(17)13-6-2-4-12-5-3-8-19-16(12)13/h2-10,15H,17H2,1H3. The van der Waals surface area contributed by atoms with Gasteiger partial charge in [-0.2, -0.15) is 0 Å². The van der Waals surface area contributed by atoms with E-state index in [0.717, 1.165) is 27.6 Å². The highest BCUT2D eigenvalue weighted by molar-refractivity contribution is 5.82. The highest BCUT2D eigenvalue weighted by Gasteiger charge is 2.14. The van der Waals surface area contributed by atoms with Crippen LogP contribution in [0.5, 0.6) is 0 Å². The SMILES string of the molecule is Cc1ccncc1C(N)c1cccc2cccnc12. The lowest BCUT2D eigenvalue weighted by Crippen LogP contribution is -2.14. The molecule has 0 radical (unpaired) electrons. The number of benzene rings is 1. The minimum atomic E-state index is -0.202. The lowest BCUT2D eigenvalue weighted by Gasteiger charge is -2.16. The number of nitrogens with zero attached hydrogens (tertiary/aromatic N) is 2. The maximum atomic E-state index is 6.40. The molecule has 2 aromatic heterocycles. The molecule has 3 rings (SSSR count). The summed E-state index contributed by atoms with van der Waals surface area (Å²) >= 11 is 0. The lowest BCUT2D eigenvalue weighted by atomic mass is 9.95. The molecule has 0 aliphatic heterocycles. The van der Waals surface area contributed by atoms with Crippen molar-refractivity contribution in [1.29, 1.82) is 0 Å². The molecule has 3 aromatic rings. The summed E-state index contributed by atoms with van der Waals surface area (Å²) in [6.45, 7) is 2.05. The maximum Gasteiger partial charge on any atom is 0.0753 e. The van der Waals surface area contributed by atoms with Gasteiger partial charge in [0.25, 0.3) is 0 Å². The minimum Gasteiger partial charge on any atom is -0.320 e. The molecule has 3 heteroatoms. The van der Waals surface area contributed by atoms with Crippen molar-refractivity contribution in [2.45, 2.75) is 13.0 Å². The fourth-order valence-corrected chi connectivity index (χ4v) is 2.35. The van der Waals surface area contributed by atoms with Crippen molar-refractivity contribution in [3.8, 4) is 0 Å². The predicted octanol–water partition coefficient (Wildman–Crippen LogP) is 2.99. The fraction of sp³-hybridized carbons (Fsp3) is 0.125. The Hall–Kier alpha value is -2.26. The number of fused-ring (bicyclic) bond motifs is 1. The van der Waals surface area contributed by atoms with Gasteiger partial charge < -0.3 is 5.73 Å². The van der Waals surface area contributed by atoms with Crippen LogP contribution in [-0.4, -0.2) is 9.97 Å². The van der Waals surface area contributed by atoms with Crippen molar-refractivity contribution in [1.82, 2.24) is 9.97 Å². The summed E-state index contributed by atoms with van der Waals surface area (Å²) in [6.07, 6.45) is 5.42. The van der Waals surface area contributed by atoms with Gasteiger partial charge in [-0.05, 0) is 35.7 Å². The van der Waals surface area contributed by atoms with E-state index < -0.39 is 0 Å². The quantitative estimate of drug-likeness (QED) is 0.759. The Labute approximate surface area is 112 Å². The van der Waals surface area contributed by atoms with Crippen LogP contribution in [0.2, 0.25) is 0 Å². The molecule has 1 unspecified atom stereocenters. The number of pyridine rings is 2. The highest BCUT2D eigenvalue weighted by Crippen LogP contribution is 2.26. The molecule has 0 aliphatic carbocycles. The van der Waals surface area contributed by atoms with Crippen LogP contribution >= 0.6 is 0 Å². The van der Waals surface area contributed by atoms with Crippen LogP contribution in [0.15, 0.2) is 55.0 Å². The van der Waals surface area contributed by atoms with Crippen LogP contribution in [-0.2, 0) is 0 Å². The van der Waals surface area contributed by atoms with Gasteiger partial charge in [0, 0.05) is 24.0 Å². The smallest absolute Gasteiger partial charge is 0.0753 e. The van der Waals surface area contributed by atoms with Gasteiger partial charge >= 0.3 is 0 Å². The molecule has 2 N–H and O–H groups in total. The number of rotatable bonds is 2. The Balaban J connectivity index is 2.17. The average Bonchev–Trinajstić information content (AvgIpc) is 2.46. The van der Waals surface area contributed by atoms with E-state index in [2.05, 4.69) is 29.0 Å². The zero-order chi connectivity index (χ0) is 13.2. The molecule has 3 nitrogen and oxygen atoms in total. The van der Waals surface area contributed by atoms with Crippen molar-refractivity contribution < 1.29 is 0 Å². The van der Waals surface area contributed by atoms with Gasteiger partial charge in [-0.15, -0.1) is 0 Å². The van der Waals surface area contributed by atoms with E-state index in [0.29, 0.717) is 0 Å². The van der Waals surface area contributed by atoms with E-state index in [4.69, 9.17) is 5.73 Å². The second-order valence-corrected chi connectivity index (χ2v) is 4.63. The minimum absolute atomic E-state index is 0.202. The predicted molar refractivity (Wildman–Crippen MR) is 76.7 cm³/mol. The van der Waals surface area contributed by atoms with E-state index >= 15 is 0 Å². The average molecular weight is 249 g/mol. The monoisotopic (exact) mass is 249 g/mol. The van der Waals surface area contributed by atoms with Gasteiger partial charge in [-0.3, -0.25) is 9.97 Å². The molecular weight excluding hydrogens is 234 g/mol. The summed E-state index contributed by atoms with van der Waals surface area (Å²) in [4.78, 5) is 8.63. The van der Waals surface area contributed by atoms with Crippen LogP contribution in [0.1, 0.15) is 22.7 Å². The van der Waals surface area contributed by atoms with E-state index in [-0.39, 0.29) is 6.04 Å². The zero-order valence-corrected chi connectivity index (χ0v) is 10.7. The molecule has 0 aliphatic rings. The molecule has 0 saturated heterocycles. The zero-order valence-electron chi connectivity index (χ0n) is 10.7. The Bertz CT molecular complexity index is 717. The van der Waals surface area contributed by atoms with Gasteiger partial charge in [-0.1, -0.05) is 24.3 Å². The van der Waals surface area contributed by atoms with E-state index in [1.165, 1.54) is 0 Å². The van der Waals surface area contributed by atoms with Crippen molar-refractivity contribution in [3.05, 3.63) is 71.7 Å². The summed E-state index contributed by atoms with van der Waals surface area (Å²) in [7, 11) is 0. The Kier molecular flexibility index (Phi) is 2.97. The summed E-state index contributed by atoms with van der Waals surface area (Å²) in [5.74, 6) is 0. The second-order valence-electron chi connectivity index (χ2n) is 4.63. The van der Waals surface area contributed by atoms with Gasteiger partial charge in [-0.25, -0.2) is 0 Å². The topological polar surface area (TPSA) is 51.8 Å². The number of hydrogen-bond donors (Lipinski definition) is 1. The molecule has 2 heterocycles.